The van der Waals surface area contributed by atoms with Crippen LogP contribution in [0.1, 0.15) is 50.8 Å². The van der Waals surface area contributed by atoms with Gasteiger partial charge in [-0.2, -0.15) is 0 Å². The van der Waals surface area contributed by atoms with Gasteiger partial charge in [0.2, 0.25) is 5.91 Å². The monoisotopic (exact) mass is 503 g/mol. The SMILES string of the molecule is CC(C)(C)OC(=O)NC(C(=O)N1CCCC1C(=O)NCc1ccc2c(N)nccc2c1)c1ccccc1. The number of hydrogen-bond acceptors (Lipinski definition) is 6. The second kappa shape index (κ2) is 10.9. The van der Waals surface area contributed by atoms with Crippen molar-refractivity contribution in [1.82, 2.24) is 20.5 Å². The number of fused-ring (bicyclic) bond motifs is 1. The van der Waals surface area contributed by atoms with Gasteiger partial charge in [0.05, 0.1) is 0 Å². The largest absolute Gasteiger partial charge is 0.444 e. The summed E-state index contributed by atoms with van der Waals surface area (Å²) in [7, 11) is 0. The predicted molar refractivity (Wildman–Crippen MR) is 141 cm³/mol. The number of aromatic nitrogens is 1. The first-order valence-corrected chi connectivity index (χ1v) is 12.4. The Labute approximate surface area is 216 Å². The Kier molecular flexibility index (Phi) is 7.61. The highest BCUT2D eigenvalue weighted by atomic mass is 16.6. The van der Waals surface area contributed by atoms with Gasteiger partial charge in [-0.3, -0.25) is 9.59 Å². The van der Waals surface area contributed by atoms with E-state index in [0.29, 0.717) is 37.3 Å². The first-order chi connectivity index (χ1) is 17.6. The van der Waals surface area contributed by atoms with Crippen molar-refractivity contribution in [3.63, 3.8) is 0 Å². The highest BCUT2D eigenvalue weighted by Gasteiger charge is 2.38. The minimum Gasteiger partial charge on any atom is -0.444 e. The third kappa shape index (κ3) is 6.35. The Morgan fingerprint density at radius 3 is 2.62 bits per heavy atom. The van der Waals surface area contributed by atoms with Crippen LogP contribution in [-0.2, 0) is 20.9 Å². The lowest BCUT2D eigenvalue weighted by Crippen LogP contribution is -2.50. The maximum absolute atomic E-state index is 13.7. The van der Waals surface area contributed by atoms with Crippen molar-refractivity contribution < 1.29 is 19.1 Å². The van der Waals surface area contributed by atoms with Gasteiger partial charge >= 0.3 is 6.09 Å². The van der Waals surface area contributed by atoms with E-state index >= 15 is 0 Å². The van der Waals surface area contributed by atoms with Crippen LogP contribution in [0, 0.1) is 0 Å². The standard InChI is InChI=1S/C28H33N5O4/c1-28(2,3)37-27(36)32-23(19-8-5-4-6-9-19)26(35)33-15-7-10-22(33)25(34)31-17-18-11-12-21-20(16-18)13-14-30-24(21)29/h4-6,8-9,11-14,16,22-23H,7,10,15,17H2,1-3H3,(H2,29,30)(H,31,34)(H,32,36). The van der Waals surface area contributed by atoms with Gasteiger partial charge in [0, 0.05) is 24.7 Å². The minimum absolute atomic E-state index is 0.232. The summed E-state index contributed by atoms with van der Waals surface area (Å²) in [6.45, 7) is 6.02. The molecule has 9 nitrogen and oxygen atoms in total. The average Bonchev–Trinajstić information content (AvgIpc) is 3.35. The number of carbonyl (C=O) groups excluding carboxylic acids is 3. The Morgan fingerprint density at radius 2 is 1.89 bits per heavy atom. The molecule has 2 unspecified atom stereocenters. The van der Waals surface area contributed by atoms with E-state index in [1.807, 2.05) is 30.3 Å². The van der Waals surface area contributed by atoms with Crippen molar-refractivity contribution in [3.8, 4) is 0 Å². The van der Waals surface area contributed by atoms with Crippen molar-refractivity contribution in [2.75, 3.05) is 12.3 Å². The number of alkyl carbamates (subject to hydrolysis) is 1. The van der Waals surface area contributed by atoms with Crippen molar-refractivity contribution in [2.45, 2.75) is 57.8 Å². The van der Waals surface area contributed by atoms with Crippen molar-refractivity contribution in [1.29, 1.82) is 0 Å². The Morgan fingerprint density at radius 1 is 1.14 bits per heavy atom. The molecule has 0 aliphatic carbocycles. The fourth-order valence-electron chi connectivity index (χ4n) is 4.50. The van der Waals surface area contributed by atoms with Crippen LogP contribution in [0.15, 0.2) is 60.8 Å². The van der Waals surface area contributed by atoms with Gasteiger partial charge in [0.25, 0.3) is 5.91 Å². The first kappa shape index (κ1) is 25.9. The molecular formula is C28H33N5O4. The fourth-order valence-corrected chi connectivity index (χ4v) is 4.50. The molecule has 1 aliphatic heterocycles. The smallest absolute Gasteiger partial charge is 0.408 e. The van der Waals surface area contributed by atoms with Gasteiger partial charge < -0.3 is 26.0 Å². The summed E-state index contributed by atoms with van der Waals surface area (Å²) in [5, 5.41) is 7.47. The molecule has 0 bridgehead atoms. The number of hydrogen-bond donors (Lipinski definition) is 3. The minimum atomic E-state index is -0.969. The molecular weight excluding hydrogens is 470 g/mol. The molecule has 1 aromatic heterocycles. The molecule has 0 radical (unpaired) electrons. The molecule has 0 saturated carbocycles. The third-order valence-corrected chi connectivity index (χ3v) is 6.21. The van der Waals surface area contributed by atoms with Crippen LogP contribution < -0.4 is 16.4 Å². The normalized spacial score (nSPS) is 16.3. The molecule has 194 valence electrons. The summed E-state index contributed by atoms with van der Waals surface area (Å²) < 4.78 is 5.39. The number of carbonyl (C=O) groups is 3. The predicted octanol–water partition coefficient (Wildman–Crippen LogP) is 3.69. The van der Waals surface area contributed by atoms with E-state index < -0.39 is 23.8 Å². The zero-order valence-corrected chi connectivity index (χ0v) is 21.4. The van der Waals surface area contributed by atoms with Gasteiger partial charge in [0.1, 0.15) is 23.5 Å². The van der Waals surface area contributed by atoms with E-state index in [9.17, 15) is 14.4 Å². The number of pyridine rings is 1. The number of anilines is 1. The number of nitrogen functional groups attached to an aromatic ring is 1. The van der Waals surface area contributed by atoms with Gasteiger partial charge in [-0.05, 0) is 62.3 Å². The molecule has 4 N–H and O–H groups in total. The molecule has 2 heterocycles. The lowest BCUT2D eigenvalue weighted by Gasteiger charge is -2.29. The van der Waals surface area contributed by atoms with E-state index in [-0.39, 0.29) is 11.8 Å². The maximum atomic E-state index is 13.7. The van der Waals surface area contributed by atoms with Crippen LogP contribution in [0.25, 0.3) is 10.8 Å². The third-order valence-electron chi connectivity index (χ3n) is 6.21. The van der Waals surface area contributed by atoms with Crippen molar-refractivity contribution in [3.05, 3.63) is 71.9 Å². The van der Waals surface area contributed by atoms with Crippen LogP contribution >= 0.6 is 0 Å². The highest BCUT2D eigenvalue weighted by molar-refractivity contribution is 5.93. The Balaban J connectivity index is 1.47. The molecule has 2 atom stereocenters. The number of likely N-dealkylation sites (tertiary alicyclic amines) is 1. The summed E-state index contributed by atoms with van der Waals surface area (Å²) in [6.07, 6.45) is 2.20. The number of nitrogens with two attached hydrogens (primary N) is 1. The van der Waals surface area contributed by atoms with Crippen molar-refractivity contribution in [2.24, 2.45) is 0 Å². The zero-order valence-electron chi connectivity index (χ0n) is 21.4. The summed E-state index contributed by atoms with van der Waals surface area (Å²) in [5.74, 6) is -0.117. The molecule has 1 aliphatic rings. The molecule has 3 aromatic rings. The van der Waals surface area contributed by atoms with Crippen LogP contribution in [-0.4, -0.2) is 46.0 Å². The quantitative estimate of drug-likeness (QED) is 0.471. The van der Waals surface area contributed by atoms with Crippen LogP contribution in [0.2, 0.25) is 0 Å². The van der Waals surface area contributed by atoms with Crippen LogP contribution in [0.4, 0.5) is 10.6 Å². The molecule has 1 fully saturated rings. The second-order valence-corrected chi connectivity index (χ2v) is 10.1. The molecule has 0 spiro atoms. The average molecular weight is 504 g/mol. The number of amides is 3. The summed E-state index contributed by atoms with van der Waals surface area (Å²) >= 11 is 0. The molecule has 37 heavy (non-hydrogen) atoms. The number of benzene rings is 2. The lowest BCUT2D eigenvalue weighted by molar-refractivity contribution is -0.140. The topological polar surface area (TPSA) is 127 Å². The Bertz CT molecular complexity index is 1290. The van der Waals surface area contributed by atoms with E-state index in [4.69, 9.17) is 10.5 Å². The van der Waals surface area contributed by atoms with E-state index in [0.717, 1.165) is 16.3 Å². The van der Waals surface area contributed by atoms with Gasteiger partial charge in [0.15, 0.2) is 0 Å². The number of nitrogens with one attached hydrogen (secondary N) is 2. The maximum Gasteiger partial charge on any atom is 0.408 e. The second-order valence-electron chi connectivity index (χ2n) is 10.1. The van der Waals surface area contributed by atoms with Crippen LogP contribution in [0.5, 0.6) is 0 Å². The molecule has 1 saturated heterocycles. The molecule has 2 aromatic carbocycles. The summed E-state index contributed by atoms with van der Waals surface area (Å²) in [6, 6.07) is 15.0. The zero-order chi connectivity index (χ0) is 26.6. The van der Waals surface area contributed by atoms with Gasteiger partial charge in [-0.1, -0.05) is 42.5 Å². The lowest BCUT2D eigenvalue weighted by atomic mass is 10.0. The summed E-state index contributed by atoms with van der Waals surface area (Å²) in [5.41, 5.74) is 6.75. The van der Waals surface area contributed by atoms with E-state index in [1.54, 1.807) is 56.1 Å². The van der Waals surface area contributed by atoms with E-state index in [1.165, 1.54) is 0 Å². The molecule has 4 rings (SSSR count). The van der Waals surface area contributed by atoms with E-state index in [2.05, 4.69) is 15.6 Å². The molecule has 3 amide bonds. The summed E-state index contributed by atoms with van der Waals surface area (Å²) in [4.78, 5) is 45.0. The number of ether oxygens (including phenoxy) is 1. The Hall–Kier alpha value is -4.14. The highest BCUT2D eigenvalue weighted by Crippen LogP contribution is 2.25. The van der Waals surface area contributed by atoms with Gasteiger partial charge in [-0.15, -0.1) is 0 Å². The van der Waals surface area contributed by atoms with Crippen LogP contribution in [0.3, 0.4) is 0 Å². The van der Waals surface area contributed by atoms with Gasteiger partial charge in [-0.25, -0.2) is 9.78 Å². The number of nitrogens with zero attached hydrogens (tertiary/aromatic N) is 2. The fraction of sp³-hybridized carbons (Fsp3) is 0.357. The molecule has 9 heteroatoms. The number of rotatable bonds is 6. The first-order valence-electron chi connectivity index (χ1n) is 12.4. The van der Waals surface area contributed by atoms with Crippen molar-refractivity contribution >= 4 is 34.5 Å².